The molecule has 166 valence electrons. The lowest BCUT2D eigenvalue weighted by Gasteiger charge is -2.38. The van der Waals surface area contributed by atoms with E-state index in [1.807, 2.05) is 17.2 Å². The Kier molecular flexibility index (Phi) is 6.81. The summed E-state index contributed by atoms with van der Waals surface area (Å²) in [5.74, 6) is 0.935. The Labute approximate surface area is 181 Å². The van der Waals surface area contributed by atoms with Gasteiger partial charge in [0, 0.05) is 70.7 Å². The van der Waals surface area contributed by atoms with Crippen LogP contribution in [0.1, 0.15) is 5.56 Å². The zero-order valence-electron chi connectivity index (χ0n) is 17.7. The second kappa shape index (κ2) is 9.91. The molecule has 9 heteroatoms. The van der Waals surface area contributed by atoms with Crippen molar-refractivity contribution >= 4 is 17.5 Å². The van der Waals surface area contributed by atoms with Crippen LogP contribution >= 0.6 is 0 Å². The molecule has 0 unspecified atom stereocenters. The summed E-state index contributed by atoms with van der Waals surface area (Å²) in [5.41, 5.74) is 1.42. The third kappa shape index (κ3) is 5.04. The van der Waals surface area contributed by atoms with Crippen molar-refractivity contribution in [3.63, 3.8) is 0 Å². The topological polar surface area (TPSA) is 56.2 Å². The molecule has 2 aliphatic rings. The number of halogens is 2. The Balaban J connectivity index is 1.36. The molecular weight excluding hydrogens is 402 g/mol. The number of hydrogen-bond acceptors (Lipinski definition) is 5. The monoisotopic (exact) mass is 430 g/mol. The maximum absolute atomic E-state index is 14.1. The van der Waals surface area contributed by atoms with Gasteiger partial charge in [0.15, 0.2) is 5.96 Å². The maximum atomic E-state index is 14.1. The molecule has 2 fully saturated rings. The van der Waals surface area contributed by atoms with Crippen molar-refractivity contribution in [2.75, 3.05) is 69.3 Å². The van der Waals surface area contributed by atoms with Crippen molar-refractivity contribution in [1.82, 2.24) is 15.2 Å². The number of ether oxygens (including phenoxy) is 1. The van der Waals surface area contributed by atoms with Crippen LogP contribution in [-0.2, 0) is 11.3 Å². The Hall–Kier alpha value is -2.94. The van der Waals surface area contributed by atoms with Gasteiger partial charge in [-0.25, -0.2) is 13.8 Å². The van der Waals surface area contributed by atoms with Crippen molar-refractivity contribution in [3.05, 3.63) is 53.7 Å². The van der Waals surface area contributed by atoms with E-state index in [1.165, 1.54) is 12.1 Å². The smallest absolute Gasteiger partial charge is 0.194 e. The molecule has 7 nitrogen and oxygen atoms in total. The van der Waals surface area contributed by atoms with Crippen molar-refractivity contribution in [2.24, 2.45) is 4.99 Å². The van der Waals surface area contributed by atoms with Crippen LogP contribution in [0, 0.1) is 11.6 Å². The fraction of sp³-hybridized carbons (Fsp3) is 0.455. The first-order valence-corrected chi connectivity index (χ1v) is 10.6. The van der Waals surface area contributed by atoms with Crippen LogP contribution in [0.5, 0.6) is 0 Å². The zero-order valence-corrected chi connectivity index (χ0v) is 17.7. The number of pyridine rings is 1. The fourth-order valence-corrected chi connectivity index (χ4v) is 4.02. The highest BCUT2D eigenvalue weighted by Crippen LogP contribution is 2.22. The van der Waals surface area contributed by atoms with Crippen LogP contribution in [0.4, 0.5) is 20.3 Å². The molecule has 1 N–H and O–H groups in total. The highest BCUT2D eigenvalue weighted by atomic mass is 19.1. The molecule has 1 aromatic carbocycles. The minimum atomic E-state index is -0.427. The van der Waals surface area contributed by atoms with Crippen molar-refractivity contribution in [1.29, 1.82) is 0 Å². The van der Waals surface area contributed by atoms with Crippen LogP contribution in [0.25, 0.3) is 0 Å². The van der Waals surface area contributed by atoms with Crippen LogP contribution < -0.4 is 15.1 Å². The Bertz CT molecular complexity index is 911. The van der Waals surface area contributed by atoms with E-state index in [4.69, 9.17) is 4.74 Å². The SMILES string of the molecule is CN=C(NCc1cccnc1N1CCOCC1)N1CCN(c2cc(F)ccc2F)CC1. The van der Waals surface area contributed by atoms with Gasteiger partial charge in [0.2, 0.25) is 0 Å². The number of nitrogens with one attached hydrogen (secondary N) is 1. The Morgan fingerprint density at radius 2 is 1.84 bits per heavy atom. The number of piperazine rings is 1. The Morgan fingerprint density at radius 3 is 2.58 bits per heavy atom. The summed E-state index contributed by atoms with van der Waals surface area (Å²) in [7, 11) is 1.76. The highest BCUT2D eigenvalue weighted by molar-refractivity contribution is 5.80. The summed E-state index contributed by atoms with van der Waals surface area (Å²) in [4.78, 5) is 15.3. The number of aliphatic imine (C=N–C) groups is 1. The van der Waals surface area contributed by atoms with Gasteiger partial charge in [-0.2, -0.15) is 0 Å². The van der Waals surface area contributed by atoms with E-state index in [0.29, 0.717) is 51.6 Å². The maximum Gasteiger partial charge on any atom is 0.194 e. The van der Waals surface area contributed by atoms with Crippen LogP contribution in [0.15, 0.2) is 41.5 Å². The molecule has 0 saturated carbocycles. The molecule has 2 aromatic rings. The first kappa shape index (κ1) is 21.3. The number of nitrogens with zero attached hydrogens (tertiary/aromatic N) is 5. The second-order valence-corrected chi connectivity index (χ2v) is 7.56. The van der Waals surface area contributed by atoms with Gasteiger partial charge in [-0.3, -0.25) is 4.99 Å². The highest BCUT2D eigenvalue weighted by Gasteiger charge is 2.22. The average molecular weight is 431 g/mol. The zero-order chi connectivity index (χ0) is 21.6. The summed E-state index contributed by atoms with van der Waals surface area (Å²) < 4.78 is 33.1. The molecular formula is C22H28F2N6O. The summed E-state index contributed by atoms with van der Waals surface area (Å²) >= 11 is 0. The molecule has 2 saturated heterocycles. The van der Waals surface area contributed by atoms with Crippen molar-refractivity contribution in [3.8, 4) is 0 Å². The van der Waals surface area contributed by atoms with Gasteiger partial charge in [0.25, 0.3) is 0 Å². The minimum Gasteiger partial charge on any atom is -0.378 e. The summed E-state index contributed by atoms with van der Waals surface area (Å²) in [5, 5.41) is 3.44. The van der Waals surface area contributed by atoms with Crippen molar-refractivity contribution in [2.45, 2.75) is 6.54 Å². The number of rotatable bonds is 4. The van der Waals surface area contributed by atoms with Gasteiger partial charge < -0.3 is 24.8 Å². The van der Waals surface area contributed by atoms with Gasteiger partial charge >= 0.3 is 0 Å². The number of morpholine rings is 1. The number of guanidine groups is 1. The number of hydrogen-bond donors (Lipinski definition) is 1. The van der Waals surface area contributed by atoms with Crippen LogP contribution in [0.3, 0.4) is 0 Å². The molecule has 3 heterocycles. The van der Waals surface area contributed by atoms with E-state index in [2.05, 4.69) is 31.2 Å². The predicted octanol–water partition coefficient (Wildman–Crippen LogP) is 2.09. The van der Waals surface area contributed by atoms with E-state index < -0.39 is 11.6 Å². The fourth-order valence-electron chi connectivity index (χ4n) is 4.02. The molecule has 0 atom stereocenters. The first-order chi connectivity index (χ1) is 15.2. The van der Waals surface area contributed by atoms with Gasteiger partial charge in [-0.15, -0.1) is 0 Å². The van der Waals surface area contributed by atoms with Crippen LogP contribution in [-0.4, -0.2) is 75.4 Å². The third-order valence-electron chi connectivity index (χ3n) is 5.65. The van der Waals surface area contributed by atoms with E-state index >= 15 is 0 Å². The molecule has 2 aliphatic heterocycles. The summed E-state index contributed by atoms with van der Waals surface area (Å²) in [6.07, 6.45) is 1.81. The average Bonchev–Trinajstić information content (AvgIpc) is 2.82. The molecule has 0 bridgehead atoms. The number of benzene rings is 1. The van der Waals surface area contributed by atoms with Crippen LogP contribution in [0.2, 0.25) is 0 Å². The lowest BCUT2D eigenvalue weighted by atomic mass is 10.2. The number of aromatic nitrogens is 1. The quantitative estimate of drug-likeness (QED) is 0.592. The lowest BCUT2D eigenvalue weighted by Crippen LogP contribution is -2.52. The van der Waals surface area contributed by atoms with E-state index in [9.17, 15) is 8.78 Å². The van der Waals surface area contributed by atoms with Gasteiger partial charge in [0.05, 0.1) is 18.9 Å². The van der Waals surface area contributed by atoms with E-state index in [0.717, 1.165) is 36.5 Å². The second-order valence-electron chi connectivity index (χ2n) is 7.56. The molecule has 31 heavy (non-hydrogen) atoms. The molecule has 0 amide bonds. The Morgan fingerprint density at radius 1 is 1.06 bits per heavy atom. The molecule has 4 rings (SSSR count). The van der Waals surface area contributed by atoms with Gasteiger partial charge in [-0.05, 0) is 18.2 Å². The van der Waals surface area contributed by atoms with Gasteiger partial charge in [0.1, 0.15) is 17.5 Å². The molecule has 0 aliphatic carbocycles. The normalized spacial score (nSPS) is 17.8. The number of anilines is 2. The summed E-state index contributed by atoms with van der Waals surface area (Å²) in [6, 6.07) is 7.59. The molecule has 0 spiro atoms. The largest absolute Gasteiger partial charge is 0.378 e. The van der Waals surface area contributed by atoms with E-state index in [1.54, 1.807) is 7.05 Å². The molecule has 1 aromatic heterocycles. The van der Waals surface area contributed by atoms with Crippen molar-refractivity contribution < 1.29 is 13.5 Å². The molecule has 0 radical (unpaired) electrons. The minimum absolute atomic E-state index is 0.313. The lowest BCUT2D eigenvalue weighted by molar-refractivity contribution is 0.122. The first-order valence-electron chi connectivity index (χ1n) is 10.6. The summed E-state index contributed by atoms with van der Waals surface area (Å²) in [6.45, 7) is 6.20. The standard InChI is InChI=1S/C22H28F2N6O/c1-25-22(27-16-17-3-2-6-26-21(17)29-11-13-31-14-12-29)30-9-7-28(8-10-30)20-15-18(23)4-5-19(20)24/h2-6,15H,7-14,16H2,1H3,(H,25,27). The third-order valence-corrected chi connectivity index (χ3v) is 5.65. The predicted molar refractivity (Wildman–Crippen MR) is 118 cm³/mol. The van der Waals surface area contributed by atoms with E-state index in [-0.39, 0.29) is 0 Å². The van der Waals surface area contributed by atoms with Gasteiger partial charge in [-0.1, -0.05) is 6.07 Å².